The average molecular weight is 223 g/mol. The highest BCUT2D eigenvalue weighted by Gasteiger charge is 2.10. The molecule has 0 heterocycles. The monoisotopic (exact) mass is 223 g/mol. The minimum Gasteiger partial charge on any atom is -0.497 e. The van der Waals surface area contributed by atoms with Gasteiger partial charge in [-0.15, -0.1) is 0 Å². The summed E-state index contributed by atoms with van der Waals surface area (Å²) >= 11 is 0. The zero-order valence-corrected chi connectivity index (χ0v) is 10.5. The van der Waals surface area contributed by atoms with Crippen LogP contribution in [0.15, 0.2) is 18.2 Å². The molecule has 90 valence electrons. The lowest BCUT2D eigenvalue weighted by molar-refractivity contribution is 0.243. The fourth-order valence-electron chi connectivity index (χ4n) is 1.23. The third-order valence-corrected chi connectivity index (χ3v) is 2.33. The lowest BCUT2D eigenvalue weighted by Crippen LogP contribution is -2.11. The van der Waals surface area contributed by atoms with Crippen LogP contribution in [-0.2, 0) is 0 Å². The average Bonchev–Trinajstić information content (AvgIpc) is 2.19. The number of nitrogen functional groups attached to an aromatic ring is 1. The van der Waals surface area contributed by atoms with E-state index < -0.39 is 0 Å². The van der Waals surface area contributed by atoms with Gasteiger partial charge in [-0.1, -0.05) is 20.8 Å². The molecular formula is C13H21NO2. The minimum atomic E-state index is 0.271. The van der Waals surface area contributed by atoms with E-state index in [1.807, 2.05) is 12.1 Å². The molecule has 0 aliphatic rings. The number of nitrogens with two attached hydrogens (primary N) is 1. The quantitative estimate of drug-likeness (QED) is 0.798. The first-order valence-electron chi connectivity index (χ1n) is 5.49. The van der Waals surface area contributed by atoms with E-state index in [1.165, 1.54) is 0 Å². The molecule has 16 heavy (non-hydrogen) atoms. The van der Waals surface area contributed by atoms with E-state index in [1.54, 1.807) is 13.2 Å². The van der Waals surface area contributed by atoms with Gasteiger partial charge in [0.1, 0.15) is 11.5 Å². The molecule has 0 aromatic heterocycles. The van der Waals surface area contributed by atoms with Crippen LogP contribution < -0.4 is 15.2 Å². The molecule has 0 aliphatic heterocycles. The molecule has 0 aliphatic carbocycles. The van der Waals surface area contributed by atoms with Crippen molar-refractivity contribution in [3.63, 3.8) is 0 Å². The fourth-order valence-corrected chi connectivity index (χ4v) is 1.23. The van der Waals surface area contributed by atoms with Crippen molar-refractivity contribution in [1.82, 2.24) is 0 Å². The fraction of sp³-hybridized carbons (Fsp3) is 0.538. The number of hydrogen-bond donors (Lipinski definition) is 1. The molecule has 1 rings (SSSR count). The largest absolute Gasteiger partial charge is 0.497 e. The van der Waals surface area contributed by atoms with Crippen LogP contribution in [-0.4, -0.2) is 13.7 Å². The van der Waals surface area contributed by atoms with Crippen molar-refractivity contribution in [2.24, 2.45) is 5.41 Å². The number of benzene rings is 1. The van der Waals surface area contributed by atoms with E-state index in [0.717, 1.165) is 12.2 Å². The molecular weight excluding hydrogens is 202 g/mol. The molecule has 0 amide bonds. The van der Waals surface area contributed by atoms with Crippen LogP contribution in [0.1, 0.15) is 27.2 Å². The summed E-state index contributed by atoms with van der Waals surface area (Å²) in [5.74, 6) is 1.46. The van der Waals surface area contributed by atoms with Crippen molar-refractivity contribution in [2.45, 2.75) is 27.2 Å². The van der Waals surface area contributed by atoms with Crippen LogP contribution in [0.2, 0.25) is 0 Å². The Morgan fingerprint density at radius 1 is 1.25 bits per heavy atom. The van der Waals surface area contributed by atoms with Crippen LogP contribution >= 0.6 is 0 Å². The molecule has 0 saturated heterocycles. The van der Waals surface area contributed by atoms with Crippen molar-refractivity contribution in [3.8, 4) is 11.5 Å². The van der Waals surface area contributed by atoms with Gasteiger partial charge in [0, 0.05) is 6.07 Å². The van der Waals surface area contributed by atoms with Crippen molar-refractivity contribution in [3.05, 3.63) is 18.2 Å². The summed E-state index contributed by atoms with van der Waals surface area (Å²) in [5.41, 5.74) is 6.73. The topological polar surface area (TPSA) is 44.5 Å². The Morgan fingerprint density at radius 3 is 2.50 bits per heavy atom. The summed E-state index contributed by atoms with van der Waals surface area (Å²) in [6.07, 6.45) is 0.990. The van der Waals surface area contributed by atoms with E-state index in [9.17, 15) is 0 Å². The molecule has 0 unspecified atom stereocenters. The Kier molecular flexibility index (Phi) is 4.05. The Labute approximate surface area is 97.6 Å². The molecule has 2 N–H and O–H groups in total. The van der Waals surface area contributed by atoms with Crippen LogP contribution in [0.25, 0.3) is 0 Å². The van der Waals surface area contributed by atoms with Gasteiger partial charge in [0.2, 0.25) is 0 Å². The summed E-state index contributed by atoms with van der Waals surface area (Å²) in [6, 6.07) is 5.44. The minimum absolute atomic E-state index is 0.271. The van der Waals surface area contributed by atoms with Crippen molar-refractivity contribution >= 4 is 5.69 Å². The molecule has 0 spiro atoms. The number of hydrogen-bond acceptors (Lipinski definition) is 3. The van der Waals surface area contributed by atoms with E-state index in [-0.39, 0.29) is 5.41 Å². The van der Waals surface area contributed by atoms with Gasteiger partial charge in [-0.05, 0) is 24.0 Å². The van der Waals surface area contributed by atoms with Crippen LogP contribution in [0, 0.1) is 5.41 Å². The normalized spacial score (nSPS) is 11.2. The molecule has 0 radical (unpaired) electrons. The molecule has 0 bridgehead atoms. The van der Waals surface area contributed by atoms with Gasteiger partial charge in [-0.2, -0.15) is 0 Å². The van der Waals surface area contributed by atoms with Gasteiger partial charge < -0.3 is 15.2 Å². The molecule has 0 saturated carbocycles. The highest BCUT2D eigenvalue weighted by atomic mass is 16.5. The maximum absolute atomic E-state index is 5.81. The summed E-state index contributed by atoms with van der Waals surface area (Å²) in [7, 11) is 1.63. The van der Waals surface area contributed by atoms with Gasteiger partial charge in [-0.3, -0.25) is 0 Å². The van der Waals surface area contributed by atoms with Gasteiger partial charge in [-0.25, -0.2) is 0 Å². The van der Waals surface area contributed by atoms with Crippen LogP contribution in [0.5, 0.6) is 11.5 Å². The van der Waals surface area contributed by atoms with Crippen molar-refractivity contribution in [1.29, 1.82) is 0 Å². The number of rotatable bonds is 4. The molecule has 3 nitrogen and oxygen atoms in total. The number of ether oxygens (including phenoxy) is 2. The van der Waals surface area contributed by atoms with Gasteiger partial charge in [0.15, 0.2) is 0 Å². The summed E-state index contributed by atoms with van der Waals surface area (Å²) in [4.78, 5) is 0. The Bertz CT molecular complexity index is 342. The second-order valence-corrected chi connectivity index (χ2v) is 5.06. The third-order valence-electron chi connectivity index (χ3n) is 2.33. The van der Waals surface area contributed by atoms with Crippen molar-refractivity contribution < 1.29 is 9.47 Å². The SMILES string of the molecule is COc1ccc(N)c(OCCC(C)(C)C)c1. The lowest BCUT2D eigenvalue weighted by Gasteiger charge is -2.18. The number of anilines is 1. The zero-order valence-electron chi connectivity index (χ0n) is 10.5. The summed E-state index contributed by atoms with van der Waals surface area (Å²) < 4.78 is 10.8. The molecule has 3 heteroatoms. The number of methoxy groups -OCH3 is 1. The standard InChI is InChI=1S/C13H21NO2/c1-13(2,3)7-8-16-12-9-10(15-4)5-6-11(12)14/h5-6,9H,7-8,14H2,1-4H3. The first-order chi connectivity index (χ1) is 7.42. The maximum atomic E-state index is 5.81. The van der Waals surface area contributed by atoms with Crippen molar-refractivity contribution in [2.75, 3.05) is 19.5 Å². The smallest absolute Gasteiger partial charge is 0.145 e. The zero-order chi connectivity index (χ0) is 12.2. The predicted octanol–water partition coefficient (Wildman–Crippen LogP) is 3.09. The molecule has 1 aromatic carbocycles. The van der Waals surface area contributed by atoms with Gasteiger partial charge in [0.05, 0.1) is 19.4 Å². The lowest BCUT2D eigenvalue weighted by atomic mass is 9.93. The van der Waals surface area contributed by atoms with E-state index >= 15 is 0 Å². The Morgan fingerprint density at radius 2 is 1.94 bits per heavy atom. The second kappa shape index (κ2) is 5.10. The summed E-state index contributed by atoms with van der Waals surface area (Å²) in [6.45, 7) is 7.22. The Balaban J connectivity index is 2.59. The molecule has 0 atom stereocenters. The first kappa shape index (κ1) is 12.7. The predicted molar refractivity (Wildman–Crippen MR) is 67.0 cm³/mol. The van der Waals surface area contributed by atoms with E-state index in [0.29, 0.717) is 18.0 Å². The van der Waals surface area contributed by atoms with Crippen LogP contribution in [0.4, 0.5) is 5.69 Å². The van der Waals surface area contributed by atoms with E-state index in [2.05, 4.69) is 20.8 Å². The van der Waals surface area contributed by atoms with Gasteiger partial charge in [0.25, 0.3) is 0 Å². The van der Waals surface area contributed by atoms with Crippen LogP contribution in [0.3, 0.4) is 0 Å². The first-order valence-corrected chi connectivity index (χ1v) is 5.49. The molecule has 0 fully saturated rings. The highest BCUT2D eigenvalue weighted by molar-refractivity contribution is 5.55. The second-order valence-electron chi connectivity index (χ2n) is 5.06. The highest BCUT2D eigenvalue weighted by Crippen LogP contribution is 2.27. The molecule has 1 aromatic rings. The maximum Gasteiger partial charge on any atom is 0.145 e. The summed E-state index contributed by atoms with van der Waals surface area (Å²) in [5, 5.41) is 0. The van der Waals surface area contributed by atoms with E-state index in [4.69, 9.17) is 15.2 Å². The van der Waals surface area contributed by atoms with Gasteiger partial charge >= 0.3 is 0 Å². The third kappa shape index (κ3) is 4.01. The Hall–Kier alpha value is -1.38.